The van der Waals surface area contributed by atoms with Gasteiger partial charge >= 0.3 is 6.03 Å². The minimum atomic E-state index is -0.743. The van der Waals surface area contributed by atoms with Gasteiger partial charge in [0.15, 0.2) is 0 Å². The van der Waals surface area contributed by atoms with Crippen LogP contribution < -0.4 is 15.5 Å². The number of rotatable bonds is 5. The first-order valence-electron chi connectivity index (χ1n) is 8.41. The number of benzene rings is 2. The van der Waals surface area contributed by atoms with Crippen LogP contribution in [0.25, 0.3) is 0 Å². The Labute approximate surface area is 154 Å². The van der Waals surface area contributed by atoms with Crippen LogP contribution in [0.5, 0.6) is 0 Å². The third-order valence-electron chi connectivity index (χ3n) is 4.07. The molecule has 0 aliphatic heterocycles. The number of nitrogens with one attached hydrogen (secondary N) is 2. The lowest BCUT2D eigenvalue weighted by atomic mass is 10.1. The van der Waals surface area contributed by atoms with Crippen molar-refractivity contribution in [2.24, 2.45) is 0 Å². The lowest BCUT2D eigenvalue weighted by Gasteiger charge is -2.22. The van der Waals surface area contributed by atoms with Gasteiger partial charge in [0.25, 0.3) is 0 Å². The molecule has 0 aromatic heterocycles. The average molecular weight is 354 g/mol. The first-order chi connectivity index (χ1) is 12.3. The largest absolute Gasteiger partial charge is 0.378 e. The summed E-state index contributed by atoms with van der Waals surface area (Å²) in [7, 11) is 7.27. The van der Waals surface area contributed by atoms with Crippen LogP contribution in [0.3, 0.4) is 0 Å². The van der Waals surface area contributed by atoms with E-state index in [1.165, 1.54) is 4.90 Å². The molecule has 0 spiro atoms. The summed E-state index contributed by atoms with van der Waals surface area (Å²) in [6.45, 7) is 1.93. The standard InChI is InChI=1S/C20H26N4O2/c1-14-13-16(23(2)3)11-12-17(14)21-20(26)22-18(19(25)24(4)5)15-9-7-6-8-10-15/h6-13,18H,1-5H3,(H2,21,22,26)/t18-/m1/s1. The Morgan fingerprint density at radius 2 is 1.62 bits per heavy atom. The highest BCUT2D eigenvalue weighted by molar-refractivity contribution is 5.94. The maximum atomic E-state index is 12.5. The lowest BCUT2D eigenvalue weighted by Crippen LogP contribution is -2.41. The number of urea groups is 1. The van der Waals surface area contributed by atoms with Gasteiger partial charge in [-0.15, -0.1) is 0 Å². The molecule has 0 heterocycles. The molecule has 0 saturated carbocycles. The fraction of sp³-hybridized carbons (Fsp3) is 0.300. The van der Waals surface area contributed by atoms with Gasteiger partial charge in [0.2, 0.25) is 5.91 Å². The van der Waals surface area contributed by atoms with E-state index in [1.54, 1.807) is 14.1 Å². The monoisotopic (exact) mass is 354 g/mol. The van der Waals surface area contributed by atoms with Crippen LogP contribution in [0, 0.1) is 6.92 Å². The van der Waals surface area contributed by atoms with Gasteiger partial charge in [-0.1, -0.05) is 30.3 Å². The highest BCUT2D eigenvalue weighted by Crippen LogP contribution is 2.22. The summed E-state index contributed by atoms with van der Waals surface area (Å²) in [5.41, 5.74) is 3.44. The number of hydrogen-bond donors (Lipinski definition) is 2. The van der Waals surface area contributed by atoms with Gasteiger partial charge in [0.1, 0.15) is 6.04 Å². The predicted molar refractivity (Wildman–Crippen MR) is 106 cm³/mol. The van der Waals surface area contributed by atoms with Gasteiger partial charge in [-0.05, 0) is 36.2 Å². The highest BCUT2D eigenvalue weighted by atomic mass is 16.2. The average Bonchev–Trinajstić information content (AvgIpc) is 2.61. The van der Waals surface area contributed by atoms with Crippen LogP contribution in [0.4, 0.5) is 16.2 Å². The van der Waals surface area contributed by atoms with E-state index in [0.717, 1.165) is 16.8 Å². The van der Waals surface area contributed by atoms with Gasteiger partial charge in [0, 0.05) is 39.6 Å². The number of carbonyl (C=O) groups is 2. The lowest BCUT2D eigenvalue weighted by molar-refractivity contribution is -0.130. The molecule has 0 aliphatic carbocycles. The van der Waals surface area contributed by atoms with Crippen LogP contribution >= 0.6 is 0 Å². The maximum Gasteiger partial charge on any atom is 0.320 e. The highest BCUT2D eigenvalue weighted by Gasteiger charge is 2.24. The first kappa shape index (κ1) is 19.3. The van der Waals surface area contributed by atoms with E-state index in [0.29, 0.717) is 5.69 Å². The van der Waals surface area contributed by atoms with Crippen molar-refractivity contribution in [1.29, 1.82) is 0 Å². The number of likely N-dealkylation sites (N-methyl/N-ethyl adjacent to an activating group) is 1. The molecule has 6 heteroatoms. The normalized spacial score (nSPS) is 11.4. The van der Waals surface area contributed by atoms with Crippen LogP contribution in [0.2, 0.25) is 0 Å². The van der Waals surface area contributed by atoms with E-state index in [1.807, 2.05) is 74.4 Å². The summed E-state index contributed by atoms with van der Waals surface area (Å²) < 4.78 is 0. The van der Waals surface area contributed by atoms with E-state index in [-0.39, 0.29) is 5.91 Å². The van der Waals surface area contributed by atoms with E-state index in [9.17, 15) is 9.59 Å². The van der Waals surface area contributed by atoms with Crippen molar-refractivity contribution in [3.05, 3.63) is 59.7 Å². The smallest absolute Gasteiger partial charge is 0.320 e. The minimum Gasteiger partial charge on any atom is -0.378 e. The molecule has 0 radical (unpaired) electrons. The molecule has 26 heavy (non-hydrogen) atoms. The molecular formula is C20H26N4O2. The Bertz CT molecular complexity index is 773. The molecule has 2 N–H and O–H groups in total. The van der Waals surface area contributed by atoms with Gasteiger partial charge in [0.05, 0.1) is 0 Å². The van der Waals surface area contributed by atoms with Crippen molar-refractivity contribution >= 4 is 23.3 Å². The van der Waals surface area contributed by atoms with Crippen molar-refractivity contribution in [2.45, 2.75) is 13.0 Å². The maximum absolute atomic E-state index is 12.5. The summed E-state index contributed by atoms with van der Waals surface area (Å²) in [6, 6.07) is 13.8. The van der Waals surface area contributed by atoms with Crippen molar-refractivity contribution < 1.29 is 9.59 Å². The van der Waals surface area contributed by atoms with Crippen molar-refractivity contribution in [1.82, 2.24) is 10.2 Å². The van der Waals surface area contributed by atoms with Crippen LogP contribution in [0.1, 0.15) is 17.2 Å². The zero-order valence-electron chi connectivity index (χ0n) is 15.9. The molecule has 3 amide bonds. The van der Waals surface area contributed by atoms with Gasteiger partial charge < -0.3 is 20.4 Å². The summed E-state index contributed by atoms with van der Waals surface area (Å²) in [4.78, 5) is 28.5. The molecule has 0 bridgehead atoms. The fourth-order valence-corrected chi connectivity index (χ4v) is 2.55. The first-order valence-corrected chi connectivity index (χ1v) is 8.41. The second-order valence-corrected chi connectivity index (χ2v) is 6.57. The molecule has 2 rings (SSSR count). The summed E-state index contributed by atoms with van der Waals surface area (Å²) >= 11 is 0. The zero-order chi connectivity index (χ0) is 19.3. The van der Waals surface area contributed by atoms with E-state index >= 15 is 0 Å². The number of anilines is 2. The van der Waals surface area contributed by atoms with E-state index in [2.05, 4.69) is 10.6 Å². The summed E-state index contributed by atoms with van der Waals surface area (Å²) in [5, 5.41) is 5.61. The van der Waals surface area contributed by atoms with Crippen molar-refractivity contribution in [2.75, 3.05) is 38.4 Å². The molecule has 0 saturated heterocycles. The Hall–Kier alpha value is -3.02. The second kappa shape index (κ2) is 8.38. The SMILES string of the molecule is Cc1cc(N(C)C)ccc1NC(=O)N[C@@H](C(=O)N(C)C)c1ccccc1. The van der Waals surface area contributed by atoms with Crippen LogP contribution in [-0.4, -0.2) is 45.0 Å². The predicted octanol–water partition coefficient (Wildman–Crippen LogP) is 3.01. The Morgan fingerprint density at radius 1 is 0.962 bits per heavy atom. The Morgan fingerprint density at radius 3 is 2.15 bits per heavy atom. The van der Waals surface area contributed by atoms with Gasteiger partial charge in [-0.25, -0.2) is 4.79 Å². The van der Waals surface area contributed by atoms with Crippen LogP contribution in [-0.2, 0) is 4.79 Å². The Kier molecular flexibility index (Phi) is 6.22. The fourth-order valence-electron chi connectivity index (χ4n) is 2.55. The summed E-state index contributed by atoms with van der Waals surface area (Å²) in [5.74, 6) is -0.189. The number of nitrogens with zero attached hydrogens (tertiary/aromatic N) is 2. The molecule has 2 aromatic carbocycles. The second-order valence-electron chi connectivity index (χ2n) is 6.57. The van der Waals surface area contributed by atoms with E-state index < -0.39 is 12.1 Å². The van der Waals surface area contributed by atoms with Gasteiger partial charge in [-0.2, -0.15) is 0 Å². The summed E-state index contributed by atoms with van der Waals surface area (Å²) in [6.07, 6.45) is 0. The molecule has 138 valence electrons. The number of amides is 3. The zero-order valence-corrected chi connectivity index (χ0v) is 15.9. The molecule has 0 aliphatic rings. The molecule has 0 fully saturated rings. The van der Waals surface area contributed by atoms with E-state index in [4.69, 9.17) is 0 Å². The van der Waals surface area contributed by atoms with Crippen molar-refractivity contribution in [3.63, 3.8) is 0 Å². The van der Waals surface area contributed by atoms with Gasteiger partial charge in [-0.3, -0.25) is 4.79 Å². The molecule has 0 unspecified atom stereocenters. The number of carbonyl (C=O) groups excluding carboxylic acids is 2. The third-order valence-corrected chi connectivity index (χ3v) is 4.07. The quantitative estimate of drug-likeness (QED) is 0.867. The molecule has 1 atom stereocenters. The van der Waals surface area contributed by atoms with Crippen LogP contribution in [0.15, 0.2) is 48.5 Å². The Balaban J connectivity index is 2.16. The minimum absolute atomic E-state index is 0.189. The molecule has 2 aromatic rings. The molecular weight excluding hydrogens is 328 g/mol. The molecule has 6 nitrogen and oxygen atoms in total. The third kappa shape index (κ3) is 4.75. The number of hydrogen-bond acceptors (Lipinski definition) is 3. The van der Waals surface area contributed by atoms with Crippen molar-refractivity contribution in [3.8, 4) is 0 Å². The number of aryl methyl sites for hydroxylation is 1. The topological polar surface area (TPSA) is 64.7 Å².